The van der Waals surface area contributed by atoms with Gasteiger partial charge in [-0.2, -0.15) is 0 Å². The van der Waals surface area contributed by atoms with Crippen LogP contribution in [0.1, 0.15) is 0 Å². The molecule has 0 spiro atoms. The second-order valence-corrected chi connectivity index (χ2v) is 3.94. The summed E-state index contributed by atoms with van der Waals surface area (Å²) in [6.45, 7) is 0. The van der Waals surface area contributed by atoms with Gasteiger partial charge in [0.25, 0.3) is 0 Å². The molecule has 1 saturated heterocycles. The zero-order chi connectivity index (χ0) is 11.2. The Labute approximate surface area is 87.3 Å². The van der Waals surface area contributed by atoms with Crippen molar-refractivity contribution >= 4 is 11.9 Å². The molecule has 82 valence electrons. The molecule has 2 bridgehead atoms. The van der Waals surface area contributed by atoms with Crippen LogP contribution in [0.3, 0.4) is 0 Å². The van der Waals surface area contributed by atoms with Crippen LogP contribution in [0.5, 0.6) is 0 Å². The number of rotatable bonds is 2. The number of fused-ring (bicyclic) bond motifs is 2. The Morgan fingerprint density at radius 3 is 2.27 bits per heavy atom. The standard InChI is InChI=1S/C10H13NO4/c1-11-5-3-4-6(11)8(10(14)15-2)7(5)9(12)13/h3-8H,1-2H3,(H,12,13). The molecule has 4 atom stereocenters. The van der Waals surface area contributed by atoms with Crippen molar-refractivity contribution in [3.8, 4) is 0 Å². The van der Waals surface area contributed by atoms with Crippen molar-refractivity contribution in [3.63, 3.8) is 0 Å². The first-order valence-electron chi connectivity index (χ1n) is 4.79. The minimum atomic E-state index is -0.936. The van der Waals surface area contributed by atoms with Gasteiger partial charge >= 0.3 is 11.9 Å². The molecular formula is C10H13NO4. The Morgan fingerprint density at radius 2 is 1.80 bits per heavy atom. The molecule has 0 radical (unpaired) electrons. The highest BCUT2D eigenvalue weighted by Crippen LogP contribution is 2.41. The van der Waals surface area contributed by atoms with Crippen LogP contribution in [0, 0.1) is 11.8 Å². The number of nitrogens with zero attached hydrogens (tertiary/aromatic N) is 1. The van der Waals surface area contributed by atoms with Crippen molar-refractivity contribution in [1.29, 1.82) is 0 Å². The lowest BCUT2D eigenvalue weighted by molar-refractivity contribution is -0.154. The predicted molar refractivity (Wildman–Crippen MR) is 51.1 cm³/mol. The van der Waals surface area contributed by atoms with Crippen LogP contribution < -0.4 is 0 Å². The molecule has 0 aromatic rings. The van der Waals surface area contributed by atoms with Crippen molar-refractivity contribution in [2.75, 3.05) is 14.2 Å². The van der Waals surface area contributed by atoms with E-state index in [-0.39, 0.29) is 12.1 Å². The van der Waals surface area contributed by atoms with Gasteiger partial charge in [0.15, 0.2) is 0 Å². The number of esters is 1. The monoisotopic (exact) mass is 211 g/mol. The maximum Gasteiger partial charge on any atom is 0.311 e. The van der Waals surface area contributed by atoms with E-state index in [1.165, 1.54) is 7.11 Å². The maximum absolute atomic E-state index is 11.5. The molecule has 0 saturated carbocycles. The number of likely N-dealkylation sites (N-methyl/N-ethyl adjacent to an activating group) is 1. The fraction of sp³-hybridized carbons (Fsp3) is 0.600. The van der Waals surface area contributed by atoms with Gasteiger partial charge < -0.3 is 9.84 Å². The molecule has 0 aromatic carbocycles. The molecule has 2 rings (SSSR count). The SMILES string of the molecule is COC(=O)C1C(C(=O)O)C2C=CC1N2C. The summed E-state index contributed by atoms with van der Waals surface area (Å²) in [7, 11) is 3.12. The summed E-state index contributed by atoms with van der Waals surface area (Å²) in [5.74, 6) is -2.63. The van der Waals surface area contributed by atoms with E-state index in [1.54, 1.807) is 0 Å². The fourth-order valence-corrected chi connectivity index (χ4v) is 2.59. The van der Waals surface area contributed by atoms with Crippen molar-refractivity contribution in [1.82, 2.24) is 4.90 Å². The van der Waals surface area contributed by atoms with Gasteiger partial charge in [0, 0.05) is 12.1 Å². The fourth-order valence-electron chi connectivity index (χ4n) is 2.59. The molecule has 2 aliphatic rings. The van der Waals surface area contributed by atoms with Crippen LogP contribution in [0.25, 0.3) is 0 Å². The molecule has 4 unspecified atom stereocenters. The molecule has 5 nitrogen and oxygen atoms in total. The van der Waals surface area contributed by atoms with E-state index < -0.39 is 23.8 Å². The molecule has 1 fully saturated rings. The number of carboxylic acids is 1. The lowest BCUT2D eigenvalue weighted by Gasteiger charge is -2.20. The molecule has 2 heterocycles. The van der Waals surface area contributed by atoms with Gasteiger partial charge in [0.2, 0.25) is 0 Å². The number of ether oxygens (including phenoxy) is 1. The first-order chi connectivity index (χ1) is 7.07. The highest BCUT2D eigenvalue weighted by Gasteiger charge is 2.55. The lowest BCUT2D eigenvalue weighted by atomic mass is 9.83. The zero-order valence-corrected chi connectivity index (χ0v) is 8.58. The first-order valence-corrected chi connectivity index (χ1v) is 4.79. The number of hydrogen-bond acceptors (Lipinski definition) is 4. The Balaban J connectivity index is 2.33. The zero-order valence-electron chi connectivity index (χ0n) is 8.58. The lowest BCUT2D eigenvalue weighted by Crippen LogP contribution is -2.36. The van der Waals surface area contributed by atoms with E-state index >= 15 is 0 Å². The maximum atomic E-state index is 11.5. The van der Waals surface area contributed by atoms with Gasteiger partial charge in [-0.15, -0.1) is 0 Å². The third kappa shape index (κ3) is 1.26. The summed E-state index contributed by atoms with van der Waals surface area (Å²) >= 11 is 0. The Kier molecular flexibility index (Phi) is 2.26. The van der Waals surface area contributed by atoms with Gasteiger partial charge in [-0.3, -0.25) is 14.5 Å². The second-order valence-electron chi connectivity index (χ2n) is 3.94. The third-order valence-electron chi connectivity index (χ3n) is 3.33. The minimum absolute atomic E-state index is 0.136. The van der Waals surface area contributed by atoms with Crippen molar-refractivity contribution in [3.05, 3.63) is 12.2 Å². The van der Waals surface area contributed by atoms with Crippen molar-refractivity contribution in [2.45, 2.75) is 12.1 Å². The topological polar surface area (TPSA) is 66.8 Å². The highest BCUT2D eigenvalue weighted by atomic mass is 16.5. The van der Waals surface area contributed by atoms with E-state index in [1.807, 2.05) is 24.1 Å². The van der Waals surface area contributed by atoms with Crippen LogP contribution >= 0.6 is 0 Å². The largest absolute Gasteiger partial charge is 0.481 e. The van der Waals surface area contributed by atoms with Gasteiger partial charge in [-0.05, 0) is 7.05 Å². The summed E-state index contributed by atoms with van der Waals surface area (Å²) < 4.78 is 4.65. The number of carboxylic acid groups (broad SMARTS) is 1. The number of carbonyl (C=O) groups excluding carboxylic acids is 1. The summed E-state index contributed by atoms with van der Waals surface area (Å²) in [4.78, 5) is 24.5. The van der Waals surface area contributed by atoms with E-state index in [0.717, 1.165) is 0 Å². The number of aliphatic carboxylic acids is 1. The van der Waals surface area contributed by atoms with Crippen LogP contribution in [0.2, 0.25) is 0 Å². The molecule has 0 amide bonds. The Bertz CT molecular complexity index is 338. The first kappa shape index (κ1) is 10.2. The molecule has 2 aliphatic heterocycles. The third-order valence-corrected chi connectivity index (χ3v) is 3.33. The average Bonchev–Trinajstić information content (AvgIpc) is 2.70. The summed E-state index contributed by atoms with van der Waals surface area (Å²) in [5.41, 5.74) is 0. The molecule has 1 N–H and O–H groups in total. The van der Waals surface area contributed by atoms with Crippen LogP contribution in [0.4, 0.5) is 0 Å². The van der Waals surface area contributed by atoms with Gasteiger partial charge in [0.1, 0.15) is 0 Å². The minimum Gasteiger partial charge on any atom is -0.481 e. The Morgan fingerprint density at radius 1 is 1.27 bits per heavy atom. The van der Waals surface area contributed by atoms with Crippen LogP contribution in [0.15, 0.2) is 12.2 Å². The summed E-state index contributed by atoms with van der Waals surface area (Å²) in [5, 5.41) is 9.10. The van der Waals surface area contributed by atoms with Crippen molar-refractivity contribution < 1.29 is 19.4 Å². The van der Waals surface area contributed by atoms with Crippen molar-refractivity contribution in [2.24, 2.45) is 11.8 Å². The van der Waals surface area contributed by atoms with Crippen LogP contribution in [-0.4, -0.2) is 48.2 Å². The quantitative estimate of drug-likeness (QED) is 0.503. The molecule has 5 heteroatoms. The summed E-state index contributed by atoms with van der Waals surface area (Å²) in [6, 6.07) is -0.319. The number of hydrogen-bond donors (Lipinski definition) is 1. The predicted octanol–water partition coefficient (Wildman–Crippen LogP) is -0.271. The summed E-state index contributed by atoms with van der Waals surface area (Å²) in [6.07, 6.45) is 3.73. The second kappa shape index (κ2) is 3.34. The number of carbonyl (C=O) groups is 2. The molecule has 0 aliphatic carbocycles. The van der Waals surface area contributed by atoms with Gasteiger partial charge in [-0.1, -0.05) is 12.2 Å². The van der Waals surface area contributed by atoms with E-state index in [2.05, 4.69) is 4.74 Å². The molecule has 0 aromatic heterocycles. The smallest absolute Gasteiger partial charge is 0.311 e. The van der Waals surface area contributed by atoms with Gasteiger partial charge in [-0.25, -0.2) is 0 Å². The van der Waals surface area contributed by atoms with E-state index in [4.69, 9.17) is 5.11 Å². The number of methoxy groups -OCH3 is 1. The van der Waals surface area contributed by atoms with Crippen LogP contribution in [-0.2, 0) is 14.3 Å². The molecule has 15 heavy (non-hydrogen) atoms. The Hall–Kier alpha value is -1.36. The molecular weight excluding hydrogens is 198 g/mol. The average molecular weight is 211 g/mol. The van der Waals surface area contributed by atoms with E-state index in [9.17, 15) is 9.59 Å². The van der Waals surface area contributed by atoms with Gasteiger partial charge in [0.05, 0.1) is 18.9 Å². The van der Waals surface area contributed by atoms with E-state index in [0.29, 0.717) is 0 Å². The highest BCUT2D eigenvalue weighted by molar-refractivity contribution is 5.84. The normalized spacial score (nSPS) is 38.3.